The summed E-state index contributed by atoms with van der Waals surface area (Å²) >= 11 is 1.27. The van der Waals surface area contributed by atoms with Gasteiger partial charge in [-0.1, -0.05) is 23.8 Å². The van der Waals surface area contributed by atoms with E-state index >= 15 is 0 Å². The summed E-state index contributed by atoms with van der Waals surface area (Å²) in [5, 5.41) is 2.88. The zero-order valence-corrected chi connectivity index (χ0v) is 15.5. The number of amides is 2. The number of thiophene rings is 1. The zero-order valence-electron chi connectivity index (χ0n) is 14.6. The Kier molecular flexibility index (Phi) is 5.66. The van der Waals surface area contributed by atoms with Crippen LogP contribution in [0, 0.1) is 12.8 Å². The highest BCUT2D eigenvalue weighted by atomic mass is 32.1. The fraction of sp³-hybridized carbons (Fsp3) is 0.263. The molecule has 7 nitrogen and oxygen atoms in total. The number of carbonyl (C=O) groups excluding carboxylic acids is 4. The molecule has 1 atom stereocenters. The molecule has 1 fully saturated rings. The molecule has 1 aliphatic heterocycles. The van der Waals surface area contributed by atoms with Gasteiger partial charge in [-0.3, -0.25) is 29.6 Å². The summed E-state index contributed by atoms with van der Waals surface area (Å²) in [5.41, 5.74) is 3.94. The van der Waals surface area contributed by atoms with E-state index in [1.807, 2.05) is 6.92 Å². The molecule has 2 aromatic rings. The molecule has 0 saturated carbocycles. The number of nitrogens with one attached hydrogen (secondary N) is 1. The summed E-state index contributed by atoms with van der Waals surface area (Å²) in [7, 11) is 0. The van der Waals surface area contributed by atoms with Crippen molar-refractivity contribution in [3.05, 3.63) is 57.8 Å². The van der Waals surface area contributed by atoms with E-state index in [9.17, 15) is 19.2 Å². The van der Waals surface area contributed by atoms with E-state index < -0.39 is 17.8 Å². The second-order valence-corrected chi connectivity index (χ2v) is 7.17. The lowest BCUT2D eigenvalue weighted by Gasteiger charge is -2.17. The second kappa shape index (κ2) is 8.13. The number of rotatable bonds is 6. The third kappa shape index (κ3) is 4.59. The van der Waals surface area contributed by atoms with Gasteiger partial charge in [0, 0.05) is 12.0 Å². The smallest absolute Gasteiger partial charge is 0.311 e. The molecule has 0 radical (unpaired) electrons. The zero-order chi connectivity index (χ0) is 19.4. The number of Topliss-reactive ketones (excluding diaryl/α,β-unsaturated/α-hetero) is 1. The number of ketones is 1. The number of hydrogen-bond acceptors (Lipinski definition) is 6. The molecule has 2 amide bonds. The summed E-state index contributed by atoms with van der Waals surface area (Å²) in [5.74, 6) is -2.42. The molecule has 3 rings (SSSR count). The van der Waals surface area contributed by atoms with E-state index in [1.54, 1.807) is 41.8 Å². The van der Waals surface area contributed by atoms with Crippen LogP contribution in [0.4, 0.5) is 0 Å². The van der Waals surface area contributed by atoms with Crippen molar-refractivity contribution in [2.75, 3.05) is 13.2 Å². The first-order valence-electron chi connectivity index (χ1n) is 8.35. The summed E-state index contributed by atoms with van der Waals surface area (Å²) in [4.78, 5) is 48.8. The van der Waals surface area contributed by atoms with Crippen LogP contribution in [0.2, 0.25) is 0 Å². The number of nitrogens with zero attached hydrogens (tertiary/aromatic N) is 1. The number of hydrogen-bond donors (Lipinski definition) is 1. The van der Waals surface area contributed by atoms with Crippen LogP contribution < -0.4 is 5.43 Å². The molecule has 0 bridgehead atoms. The maximum atomic E-state index is 12.2. The number of hydrazine groups is 1. The topological polar surface area (TPSA) is 92.8 Å². The van der Waals surface area contributed by atoms with Gasteiger partial charge in [-0.2, -0.15) is 0 Å². The third-order valence-corrected chi connectivity index (χ3v) is 5.06. The third-order valence-electron chi connectivity index (χ3n) is 4.15. The first-order chi connectivity index (χ1) is 12.9. The van der Waals surface area contributed by atoms with E-state index in [1.165, 1.54) is 11.3 Å². The van der Waals surface area contributed by atoms with Crippen LogP contribution in [0.1, 0.15) is 32.0 Å². The number of aryl methyl sites for hydroxylation is 1. The molecule has 0 spiro atoms. The van der Waals surface area contributed by atoms with Crippen LogP contribution in [0.5, 0.6) is 0 Å². The highest BCUT2D eigenvalue weighted by molar-refractivity contribution is 7.12. The molecule has 0 aliphatic carbocycles. The van der Waals surface area contributed by atoms with Crippen LogP contribution in [0.25, 0.3) is 0 Å². The van der Waals surface area contributed by atoms with Crippen molar-refractivity contribution in [3.63, 3.8) is 0 Å². The van der Waals surface area contributed by atoms with Gasteiger partial charge in [0.1, 0.15) is 0 Å². The van der Waals surface area contributed by atoms with Gasteiger partial charge in [0.2, 0.25) is 11.7 Å². The molecule has 1 aromatic heterocycles. The van der Waals surface area contributed by atoms with Gasteiger partial charge in [0.25, 0.3) is 5.91 Å². The van der Waals surface area contributed by atoms with Crippen LogP contribution in [-0.4, -0.2) is 41.7 Å². The van der Waals surface area contributed by atoms with Gasteiger partial charge in [0.15, 0.2) is 6.61 Å². The molecule has 1 aliphatic rings. The highest BCUT2D eigenvalue weighted by Crippen LogP contribution is 2.18. The Hall–Kier alpha value is -3.00. The van der Waals surface area contributed by atoms with Gasteiger partial charge < -0.3 is 4.74 Å². The van der Waals surface area contributed by atoms with Crippen molar-refractivity contribution in [1.29, 1.82) is 0 Å². The van der Waals surface area contributed by atoms with E-state index in [4.69, 9.17) is 4.74 Å². The Morgan fingerprint density at radius 1 is 1.22 bits per heavy atom. The minimum Gasteiger partial charge on any atom is -0.457 e. The monoisotopic (exact) mass is 386 g/mol. The second-order valence-electron chi connectivity index (χ2n) is 6.22. The van der Waals surface area contributed by atoms with E-state index in [2.05, 4.69) is 5.43 Å². The van der Waals surface area contributed by atoms with Gasteiger partial charge in [0.05, 0.1) is 17.3 Å². The van der Waals surface area contributed by atoms with Gasteiger partial charge in [-0.15, -0.1) is 11.3 Å². The fourth-order valence-electron chi connectivity index (χ4n) is 2.63. The SMILES string of the molecule is Cc1ccc(C(=O)NN2C[C@H](C(=O)OCC(=O)c3cccs3)CC2=O)cc1. The van der Waals surface area contributed by atoms with Crippen molar-refractivity contribution in [3.8, 4) is 0 Å². The van der Waals surface area contributed by atoms with E-state index in [-0.39, 0.29) is 31.3 Å². The first kappa shape index (κ1) is 18.8. The molecular weight excluding hydrogens is 368 g/mol. The standard InChI is InChI=1S/C19H18N2O5S/c1-12-4-6-13(7-5-12)18(24)20-21-10-14(9-17(21)23)19(25)26-11-15(22)16-3-2-8-27-16/h2-8,14H,9-11H2,1H3,(H,20,24)/t14-/m1/s1. The Morgan fingerprint density at radius 3 is 2.63 bits per heavy atom. The summed E-state index contributed by atoms with van der Waals surface area (Å²) in [6, 6.07) is 10.3. The molecule has 27 heavy (non-hydrogen) atoms. The Labute approximate surface area is 159 Å². The van der Waals surface area contributed by atoms with Crippen LogP contribution >= 0.6 is 11.3 Å². The number of benzene rings is 1. The van der Waals surface area contributed by atoms with Crippen molar-refractivity contribution in [1.82, 2.24) is 10.4 Å². The number of ether oxygens (including phenoxy) is 1. The van der Waals surface area contributed by atoms with E-state index in [0.29, 0.717) is 10.4 Å². The molecule has 2 heterocycles. The van der Waals surface area contributed by atoms with Crippen molar-refractivity contribution in [2.24, 2.45) is 5.92 Å². The lowest BCUT2D eigenvalue weighted by molar-refractivity contribution is -0.147. The summed E-state index contributed by atoms with van der Waals surface area (Å²) in [6.07, 6.45) is -0.0692. The first-order valence-corrected chi connectivity index (χ1v) is 9.23. The average Bonchev–Trinajstić information content (AvgIpc) is 3.30. The lowest BCUT2D eigenvalue weighted by atomic mass is 10.1. The van der Waals surface area contributed by atoms with Gasteiger partial charge in [-0.05, 0) is 30.5 Å². The average molecular weight is 386 g/mol. The minimum absolute atomic E-state index is 0.0163. The molecule has 1 N–H and O–H groups in total. The van der Waals surface area contributed by atoms with Crippen LogP contribution in [-0.2, 0) is 14.3 Å². The largest absolute Gasteiger partial charge is 0.457 e. The molecule has 0 unspecified atom stereocenters. The summed E-state index contributed by atoms with van der Waals surface area (Å²) < 4.78 is 5.04. The van der Waals surface area contributed by atoms with Crippen molar-refractivity contribution < 1.29 is 23.9 Å². The fourth-order valence-corrected chi connectivity index (χ4v) is 3.28. The summed E-state index contributed by atoms with van der Waals surface area (Å²) in [6.45, 7) is 1.56. The molecule has 8 heteroatoms. The Balaban J connectivity index is 1.52. The lowest BCUT2D eigenvalue weighted by Crippen LogP contribution is -2.43. The van der Waals surface area contributed by atoms with Gasteiger partial charge >= 0.3 is 5.97 Å². The van der Waals surface area contributed by atoms with E-state index in [0.717, 1.165) is 10.6 Å². The molecular formula is C19H18N2O5S. The van der Waals surface area contributed by atoms with Crippen LogP contribution in [0.3, 0.4) is 0 Å². The van der Waals surface area contributed by atoms with Crippen molar-refractivity contribution in [2.45, 2.75) is 13.3 Å². The molecule has 1 aromatic carbocycles. The van der Waals surface area contributed by atoms with Gasteiger partial charge in [-0.25, -0.2) is 0 Å². The predicted octanol–water partition coefficient (Wildman–Crippen LogP) is 1.98. The highest BCUT2D eigenvalue weighted by Gasteiger charge is 2.36. The predicted molar refractivity (Wildman–Crippen MR) is 98.1 cm³/mol. The normalized spacial score (nSPS) is 16.3. The number of carbonyl (C=O) groups is 4. The van der Waals surface area contributed by atoms with Crippen LogP contribution in [0.15, 0.2) is 41.8 Å². The Morgan fingerprint density at radius 2 is 1.96 bits per heavy atom. The maximum absolute atomic E-state index is 12.2. The Bertz CT molecular complexity index is 861. The molecule has 1 saturated heterocycles. The number of esters is 1. The maximum Gasteiger partial charge on any atom is 0.311 e. The quantitative estimate of drug-likeness (QED) is 0.605. The van der Waals surface area contributed by atoms with Crippen molar-refractivity contribution >= 4 is 34.9 Å². The minimum atomic E-state index is -0.716. The molecule has 140 valence electrons.